The third-order valence-corrected chi connectivity index (χ3v) is 3.08. The van der Waals surface area contributed by atoms with Crippen LogP contribution < -0.4 is 4.74 Å². The Morgan fingerprint density at radius 1 is 1.27 bits per heavy atom. The average Bonchev–Trinajstić information content (AvgIpc) is 2.28. The summed E-state index contributed by atoms with van der Waals surface area (Å²) in [6.45, 7) is 1.88. The molecule has 1 atom stereocenters. The summed E-state index contributed by atoms with van der Waals surface area (Å²) in [5.74, 6) is 0.874. The van der Waals surface area contributed by atoms with Crippen molar-refractivity contribution >= 4 is 10.2 Å². The van der Waals surface area contributed by atoms with Gasteiger partial charge in [-0.15, -0.1) is 0 Å². The van der Waals surface area contributed by atoms with E-state index in [1.165, 1.54) is 34.7 Å². The van der Waals surface area contributed by atoms with E-state index in [1.807, 2.05) is 19.1 Å². The summed E-state index contributed by atoms with van der Waals surface area (Å²) in [7, 11) is 2.95. The van der Waals surface area contributed by atoms with Crippen molar-refractivity contribution < 1.29 is 9.47 Å². The van der Waals surface area contributed by atoms with Crippen LogP contribution in [-0.4, -0.2) is 23.6 Å². The zero-order valence-corrected chi connectivity index (χ0v) is 11.8. The van der Waals surface area contributed by atoms with Gasteiger partial charge >= 0.3 is 0 Å². The number of benzene rings is 1. The van der Waals surface area contributed by atoms with Crippen LogP contribution in [0.4, 0.5) is 0 Å². The second-order valence-corrected chi connectivity index (χ2v) is 4.67. The average molecular weight is 224 g/mol. The van der Waals surface area contributed by atoms with Crippen LogP contribution in [0.5, 0.6) is 5.75 Å². The predicted molar refractivity (Wildman–Crippen MR) is 66.6 cm³/mol. The molecule has 1 aromatic rings. The van der Waals surface area contributed by atoms with Gasteiger partial charge in [0.2, 0.25) is 0 Å². The molecule has 1 unspecified atom stereocenters. The third-order valence-electron chi connectivity index (χ3n) is 2.38. The number of methoxy groups -OCH3 is 1. The molecule has 0 N–H and O–H groups in total. The van der Waals surface area contributed by atoms with Crippen molar-refractivity contribution in [1.29, 1.82) is 0 Å². The zero-order chi connectivity index (χ0) is 11.1. The Bertz CT molecular complexity index is 271. The van der Waals surface area contributed by atoms with E-state index >= 15 is 0 Å². The van der Waals surface area contributed by atoms with Crippen molar-refractivity contribution in [2.45, 2.75) is 32.1 Å². The topological polar surface area (TPSA) is 18.5 Å². The molecule has 2 nitrogen and oxygen atoms in total. The first kappa shape index (κ1) is 12.3. The lowest BCUT2D eigenvalue weighted by molar-refractivity contribution is -0.0382. The second kappa shape index (κ2) is 6.64. The van der Waals surface area contributed by atoms with Crippen LogP contribution in [0.1, 0.15) is 18.9 Å². The summed E-state index contributed by atoms with van der Waals surface area (Å²) in [5, 5.41) is 0. The Hall–Kier alpha value is -0.803. The molecule has 0 saturated carbocycles. The number of rotatable bonds is 6. The van der Waals surface area contributed by atoms with Crippen LogP contribution in [0.2, 0.25) is 6.04 Å². The molecule has 0 amide bonds. The van der Waals surface area contributed by atoms with Gasteiger partial charge in [-0.05, 0) is 31.0 Å². The van der Waals surface area contributed by atoms with Gasteiger partial charge in [0.1, 0.15) is 5.75 Å². The maximum atomic E-state index is 5.51. The smallest absolute Gasteiger partial charge is 0.196 e. The van der Waals surface area contributed by atoms with Crippen LogP contribution >= 0.6 is 0 Å². The first-order valence-electron chi connectivity index (χ1n) is 5.54. The highest BCUT2D eigenvalue weighted by Crippen LogP contribution is 2.15. The summed E-state index contributed by atoms with van der Waals surface area (Å²) in [6.07, 6.45) is 2.31. The highest BCUT2D eigenvalue weighted by atomic mass is 28.1. The molecule has 0 radical (unpaired) electrons. The fourth-order valence-electron chi connectivity index (χ4n) is 1.36. The van der Waals surface area contributed by atoms with Crippen molar-refractivity contribution in [1.82, 2.24) is 0 Å². The van der Waals surface area contributed by atoms with Crippen molar-refractivity contribution in [2.24, 2.45) is 0 Å². The van der Waals surface area contributed by atoms with Crippen molar-refractivity contribution in [2.75, 3.05) is 7.11 Å². The van der Waals surface area contributed by atoms with Gasteiger partial charge in [0, 0.05) is 17.4 Å². The number of hydrogen-bond donors (Lipinski definition) is 0. The molecule has 0 aromatic heterocycles. The van der Waals surface area contributed by atoms with Gasteiger partial charge < -0.3 is 9.47 Å². The minimum Gasteiger partial charge on any atom is -0.465 e. The second-order valence-electron chi connectivity index (χ2n) is 3.67. The van der Waals surface area contributed by atoms with E-state index in [0.717, 1.165) is 5.75 Å². The summed E-state index contributed by atoms with van der Waals surface area (Å²) >= 11 is 0. The van der Waals surface area contributed by atoms with E-state index in [2.05, 4.69) is 12.1 Å². The zero-order valence-electron chi connectivity index (χ0n) is 9.82. The molecule has 0 heterocycles. The lowest BCUT2D eigenvalue weighted by atomic mass is 10.1. The largest absolute Gasteiger partial charge is 0.465 e. The summed E-state index contributed by atoms with van der Waals surface area (Å²) in [4.78, 5) is 0. The monoisotopic (exact) mass is 224 g/mol. The molecular weight excluding hydrogens is 204 g/mol. The third kappa shape index (κ3) is 4.49. The van der Waals surface area contributed by atoms with E-state index in [-0.39, 0.29) is 6.29 Å². The van der Waals surface area contributed by atoms with Gasteiger partial charge in [-0.25, -0.2) is 0 Å². The van der Waals surface area contributed by atoms with Gasteiger partial charge in [-0.3, -0.25) is 0 Å². The number of hydrogen-bond acceptors (Lipinski definition) is 2. The SMILES string of the molecule is COC(C)Oc1ccc(CCC[SiH3])cc1. The van der Waals surface area contributed by atoms with Gasteiger partial charge in [0.15, 0.2) is 6.29 Å². The molecule has 0 bridgehead atoms. The van der Waals surface area contributed by atoms with E-state index in [9.17, 15) is 0 Å². The van der Waals surface area contributed by atoms with Crippen molar-refractivity contribution in [3.8, 4) is 5.75 Å². The Morgan fingerprint density at radius 2 is 1.93 bits per heavy atom. The van der Waals surface area contributed by atoms with E-state index in [4.69, 9.17) is 9.47 Å². The Balaban J connectivity index is 2.48. The molecule has 0 fully saturated rings. The summed E-state index contributed by atoms with van der Waals surface area (Å²) in [6, 6.07) is 9.67. The lowest BCUT2D eigenvalue weighted by Gasteiger charge is -2.12. The van der Waals surface area contributed by atoms with Crippen LogP contribution in [0.3, 0.4) is 0 Å². The first-order chi connectivity index (χ1) is 7.26. The van der Waals surface area contributed by atoms with Crippen molar-refractivity contribution in [3.63, 3.8) is 0 Å². The van der Waals surface area contributed by atoms with E-state index in [1.54, 1.807) is 7.11 Å². The van der Waals surface area contributed by atoms with Crippen molar-refractivity contribution in [3.05, 3.63) is 29.8 Å². The molecular formula is C12H20O2Si. The molecule has 1 rings (SSSR count). The van der Waals surface area contributed by atoms with Crippen LogP contribution in [0, 0.1) is 0 Å². The van der Waals surface area contributed by atoms with Crippen LogP contribution in [0.15, 0.2) is 24.3 Å². The summed E-state index contributed by atoms with van der Waals surface area (Å²) in [5.41, 5.74) is 1.39. The maximum Gasteiger partial charge on any atom is 0.196 e. The molecule has 0 aliphatic rings. The van der Waals surface area contributed by atoms with Gasteiger partial charge in [0.25, 0.3) is 0 Å². The number of ether oxygens (including phenoxy) is 2. The molecule has 3 heteroatoms. The maximum absolute atomic E-state index is 5.51. The lowest BCUT2D eigenvalue weighted by Crippen LogP contribution is -2.13. The molecule has 84 valence electrons. The molecule has 0 spiro atoms. The quantitative estimate of drug-likeness (QED) is 0.541. The fraction of sp³-hybridized carbons (Fsp3) is 0.500. The van der Waals surface area contributed by atoms with E-state index in [0.29, 0.717) is 0 Å². The molecule has 0 aliphatic carbocycles. The van der Waals surface area contributed by atoms with Crippen LogP contribution in [0.25, 0.3) is 0 Å². The standard InChI is InChI=1S/C12H20O2Si/c1-10(13-2)14-12-7-5-11(6-8-12)4-3-9-15/h5-8,10H,3-4,9H2,1-2,15H3. The van der Waals surface area contributed by atoms with Crippen LogP contribution in [-0.2, 0) is 11.2 Å². The first-order valence-corrected chi connectivity index (χ1v) is 6.96. The Morgan fingerprint density at radius 3 is 2.47 bits per heavy atom. The molecule has 15 heavy (non-hydrogen) atoms. The Labute approximate surface area is 95.0 Å². The minimum atomic E-state index is -0.183. The highest BCUT2D eigenvalue weighted by Gasteiger charge is 2.00. The Kier molecular flexibility index (Phi) is 5.43. The normalized spacial score (nSPS) is 12.7. The van der Waals surface area contributed by atoms with Gasteiger partial charge in [-0.2, -0.15) is 0 Å². The van der Waals surface area contributed by atoms with Gasteiger partial charge in [-0.1, -0.05) is 24.6 Å². The molecule has 1 aromatic carbocycles. The highest BCUT2D eigenvalue weighted by molar-refractivity contribution is 6.08. The molecule has 0 aliphatic heterocycles. The molecule has 0 saturated heterocycles. The minimum absolute atomic E-state index is 0.183. The van der Waals surface area contributed by atoms with Gasteiger partial charge in [0.05, 0.1) is 0 Å². The fourth-order valence-corrected chi connectivity index (χ4v) is 1.71. The predicted octanol–water partition coefficient (Wildman–Crippen LogP) is 1.77. The summed E-state index contributed by atoms with van der Waals surface area (Å²) < 4.78 is 10.5. The number of aryl methyl sites for hydroxylation is 1. The van der Waals surface area contributed by atoms with E-state index < -0.39 is 0 Å².